The molecule has 0 amide bonds. The van der Waals surface area contributed by atoms with E-state index in [0.29, 0.717) is 19.4 Å². The van der Waals surface area contributed by atoms with Crippen LogP contribution in [0.25, 0.3) is 0 Å². The highest BCUT2D eigenvalue weighted by Crippen LogP contribution is 2.36. The number of quaternary nitrogens is 1. The minimum atomic E-state index is -1.05. The monoisotopic (exact) mass is 187 g/mol. The van der Waals surface area contributed by atoms with Gasteiger partial charge in [0.25, 0.3) is 6.23 Å². The zero-order chi connectivity index (χ0) is 9.47. The lowest BCUT2D eigenvalue weighted by Gasteiger charge is -2.15. The summed E-state index contributed by atoms with van der Waals surface area (Å²) in [5.74, 6) is 0.857. The molecular weight excluding hydrogens is 171 g/mol. The molecule has 0 spiro atoms. The second-order valence-electron chi connectivity index (χ2n) is 3.88. The molecule has 2 fully saturated rings. The van der Waals surface area contributed by atoms with Crippen molar-refractivity contribution >= 4 is 0 Å². The van der Waals surface area contributed by atoms with Crippen LogP contribution in [0.2, 0.25) is 0 Å². The molecule has 3 nitrogen and oxygen atoms in total. The third-order valence-corrected chi connectivity index (χ3v) is 2.61. The normalized spacial score (nSPS) is 42.8. The lowest BCUT2D eigenvalue weighted by molar-refractivity contribution is -0.410. The van der Waals surface area contributed by atoms with Crippen LogP contribution in [-0.2, 0) is 4.74 Å². The molecular formula is C9H16FN2O+. The van der Waals surface area contributed by atoms with E-state index in [1.54, 1.807) is 0 Å². The Morgan fingerprint density at radius 2 is 2.46 bits per heavy atom. The Morgan fingerprint density at radius 1 is 1.77 bits per heavy atom. The van der Waals surface area contributed by atoms with Gasteiger partial charge in [-0.2, -0.15) is 0 Å². The zero-order valence-electron chi connectivity index (χ0n) is 7.90. The van der Waals surface area contributed by atoms with Crippen molar-refractivity contribution in [2.45, 2.75) is 38.1 Å². The van der Waals surface area contributed by atoms with Crippen molar-refractivity contribution in [2.24, 2.45) is 0 Å². The second-order valence-corrected chi connectivity index (χ2v) is 3.88. The van der Waals surface area contributed by atoms with E-state index < -0.39 is 5.67 Å². The fourth-order valence-electron chi connectivity index (χ4n) is 1.89. The van der Waals surface area contributed by atoms with Crippen molar-refractivity contribution in [3.8, 4) is 0 Å². The fraction of sp³-hybridized carbons (Fsp3) is 0.778. The molecule has 2 aliphatic rings. The van der Waals surface area contributed by atoms with Crippen LogP contribution in [0.5, 0.6) is 0 Å². The molecule has 2 saturated heterocycles. The molecule has 0 radical (unpaired) electrons. The minimum Gasteiger partial charge on any atom is -0.428 e. The molecule has 0 aromatic heterocycles. The fourth-order valence-corrected chi connectivity index (χ4v) is 1.89. The van der Waals surface area contributed by atoms with Crippen molar-refractivity contribution in [3.05, 3.63) is 11.5 Å². The Bertz CT molecular complexity index is 254. The third kappa shape index (κ3) is 1.63. The summed E-state index contributed by atoms with van der Waals surface area (Å²) in [6, 6.07) is 0. The smallest absolute Gasteiger partial charge is 0.289 e. The second kappa shape index (κ2) is 2.87. The van der Waals surface area contributed by atoms with Gasteiger partial charge in [-0.05, 0) is 6.42 Å². The summed E-state index contributed by atoms with van der Waals surface area (Å²) in [7, 11) is 0. The van der Waals surface area contributed by atoms with E-state index >= 15 is 0 Å². The molecule has 0 aliphatic carbocycles. The standard InChI is InChI=1S/C9H15FN2O/c1-2-3-9(10)4-6(12-5-9)7-8(11)13-7/h8,12H,2-5,11H2,1H3/p+1. The highest BCUT2D eigenvalue weighted by molar-refractivity contribution is 5.23. The van der Waals surface area contributed by atoms with Gasteiger partial charge in [-0.3, -0.25) is 0 Å². The maximum absolute atomic E-state index is 13.9. The predicted molar refractivity (Wildman–Crippen MR) is 46.2 cm³/mol. The molecule has 0 aromatic rings. The maximum Gasteiger partial charge on any atom is 0.289 e. The summed E-state index contributed by atoms with van der Waals surface area (Å²) in [5.41, 5.74) is 3.60. The van der Waals surface area contributed by atoms with Gasteiger partial charge in [0.1, 0.15) is 5.67 Å². The largest absolute Gasteiger partial charge is 0.428 e. The van der Waals surface area contributed by atoms with Gasteiger partial charge in [-0.1, -0.05) is 13.3 Å². The van der Waals surface area contributed by atoms with Crippen LogP contribution in [0.4, 0.5) is 4.39 Å². The Hall–Kier alpha value is -0.770. The first-order valence-corrected chi connectivity index (χ1v) is 4.80. The number of allylic oxidation sites excluding steroid dienone is 1. The van der Waals surface area contributed by atoms with E-state index in [1.165, 1.54) is 0 Å². The summed E-state index contributed by atoms with van der Waals surface area (Å²) in [5, 5.41) is 3.06. The number of hydrogen-bond acceptors (Lipinski definition) is 2. The van der Waals surface area contributed by atoms with Crippen molar-refractivity contribution in [3.63, 3.8) is 0 Å². The summed E-state index contributed by atoms with van der Waals surface area (Å²) >= 11 is 0. The van der Waals surface area contributed by atoms with Crippen LogP contribution in [-0.4, -0.2) is 18.4 Å². The van der Waals surface area contributed by atoms with Crippen molar-refractivity contribution in [2.75, 3.05) is 6.54 Å². The van der Waals surface area contributed by atoms with Gasteiger partial charge in [0.2, 0.25) is 5.76 Å². The highest BCUT2D eigenvalue weighted by Gasteiger charge is 2.44. The number of alkyl halides is 1. The molecule has 74 valence electrons. The van der Waals surface area contributed by atoms with Crippen molar-refractivity contribution in [1.29, 1.82) is 0 Å². The first-order chi connectivity index (χ1) is 6.14. The van der Waals surface area contributed by atoms with E-state index in [-0.39, 0.29) is 6.23 Å². The number of nitrogens with one attached hydrogen (secondary N) is 1. The van der Waals surface area contributed by atoms with Gasteiger partial charge >= 0.3 is 0 Å². The van der Waals surface area contributed by atoms with Crippen LogP contribution in [0.1, 0.15) is 26.2 Å². The zero-order valence-corrected chi connectivity index (χ0v) is 7.90. The minimum absolute atomic E-state index is 0.0357. The summed E-state index contributed by atoms with van der Waals surface area (Å²) < 4.78 is 19.0. The number of epoxide rings is 1. The van der Waals surface area contributed by atoms with Crippen molar-refractivity contribution < 1.29 is 14.9 Å². The first kappa shape index (κ1) is 8.81. The van der Waals surface area contributed by atoms with Gasteiger partial charge in [0.15, 0.2) is 0 Å². The molecule has 4 N–H and O–H groups in total. The number of rotatable bonds is 2. The average Bonchev–Trinajstić information content (AvgIpc) is 2.65. The lowest BCUT2D eigenvalue weighted by Crippen LogP contribution is -2.53. The van der Waals surface area contributed by atoms with Crippen LogP contribution < -0.4 is 11.1 Å². The van der Waals surface area contributed by atoms with Gasteiger partial charge in [-0.25, -0.2) is 4.39 Å². The average molecular weight is 187 g/mol. The van der Waals surface area contributed by atoms with E-state index in [1.807, 2.05) is 6.92 Å². The molecule has 2 rings (SSSR count). The summed E-state index contributed by atoms with van der Waals surface area (Å²) in [6.07, 6.45) is 1.95. The Labute approximate surface area is 77.1 Å². The SMILES string of the molecule is CCCC1(F)CNC(=C2OC2[NH3+])C1. The number of ether oxygens (including phenoxy) is 1. The van der Waals surface area contributed by atoms with E-state index in [4.69, 9.17) is 4.74 Å². The van der Waals surface area contributed by atoms with Gasteiger partial charge in [0, 0.05) is 13.0 Å². The molecule has 13 heavy (non-hydrogen) atoms. The summed E-state index contributed by atoms with van der Waals surface area (Å²) in [6.45, 7) is 2.43. The molecule has 0 bridgehead atoms. The number of hydrogen-bond donors (Lipinski definition) is 2. The Kier molecular flexibility index (Phi) is 1.95. The highest BCUT2D eigenvalue weighted by atomic mass is 19.1. The van der Waals surface area contributed by atoms with Gasteiger partial charge < -0.3 is 15.8 Å². The van der Waals surface area contributed by atoms with Crippen molar-refractivity contribution in [1.82, 2.24) is 5.32 Å². The van der Waals surface area contributed by atoms with Crippen LogP contribution in [0.3, 0.4) is 0 Å². The van der Waals surface area contributed by atoms with E-state index in [0.717, 1.165) is 17.9 Å². The molecule has 0 saturated carbocycles. The third-order valence-electron chi connectivity index (χ3n) is 2.61. The van der Waals surface area contributed by atoms with Crippen LogP contribution >= 0.6 is 0 Å². The molecule has 2 unspecified atom stereocenters. The Balaban J connectivity index is 2.01. The quantitative estimate of drug-likeness (QED) is 0.611. The maximum atomic E-state index is 13.9. The number of halogens is 1. The topological polar surface area (TPSA) is 52.2 Å². The Morgan fingerprint density at radius 3 is 3.00 bits per heavy atom. The van der Waals surface area contributed by atoms with Gasteiger partial charge in [0.05, 0.1) is 5.70 Å². The molecule has 2 aliphatic heterocycles. The molecule has 2 heterocycles. The predicted octanol–water partition coefficient (Wildman–Crippen LogP) is 0.298. The molecule has 0 aromatic carbocycles. The lowest BCUT2D eigenvalue weighted by atomic mass is 9.98. The van der Waals surface area contributed by atoms with Crippen LogP contribution in [0.15, 0.2) is 11.5 Å². The van der Waals surface area contributed by atoms with E-state index in [2.05, 4.69) is 11.1 Å². The van der Waals surface area contributed by atoms with E-state index in [9.17, 15) is 4.39 Å². The summed E-state index contributed by atoms with van der Waals surface area (Å²) in [4.78, 5) is 0. The first-order valence-electron chi connectivity index (χ1n) is 4.80. The molecule has 2 atom stereocenters. The van der Waals surface area contributed by atoms with Crippen LogP contribution in [0, 0.1) is 0 Å². The molecule has 4 heteroatoms. The van der Waals surface area contributed by atoms with Gasteiger partial charge in [-0.15, -0.1) is 0 Å².